The van der Waals surface area contributed by atoms with Crippen LogP contribution in [0, 0.1) is 0 Å². The summed E-state index contributed by atoms with van der Waals surface area (Å²) in [5, 5.41) is 2.23. The molecular weight excluding hydrogens is 470 g/mol. The maximum absolute atomic E-state index is 6.20. The molecular formula is C32H27N5O. The molecule has 0 aliphatic carbocycles. The minimum Gasteiger partial charge on any atom is -0.456 e. The van der Waals surface area contributed by atoms with Crippen molar-refractivity contribution in [1.29, 1.82) is 0 Å². The molecule has 0 atom stereocenters. The standard InChI is InChI=1S/C32H27N5O/c1-31(2)32(3,4)37(29-33-23-15-9-10-16-25(23)35(29)20-12-6-5-7-13-20)30-34-24-19-28-22(18-26(24)36(30)31)21-14-8-11-17-27(21)38-28/h5-19H,1-4H3. The van der Waals surface area contributed by atoms with Crippen molar-refractivity contribution in [3.05, 3.63) is 91.0 Å². The SMILES string of the molecule is CC1(C)N(c2nc3ccccc3n2-c2ccccc2)c2nc3cc4oc5ccccc5c4cc3n2C1(C)C. The Hall–Kier alpha value is -4.58. The second-order valence-corrected chi connectivity index (χ2v) is 11.2. The Morgan fingerprint density at radius 2 is 1.32 bits per heavy atom. The van der Waals surface area contributed by atoms with Gasteiger partial charge < -0.3 is 8.98 Å². The predicted octanol–water partition coefficient (Wildman–Crippen LogP) is 7.94. The van der Waals surface area contributed by atoms with Gasteiger partial charge in [0.05, 0.1) is 33.1 Å². The summed E-state index contributed by atoms with van der Waals surface area (Å²) >= 11 is 0. The van der Waals surface area contributed by atoms with Crippen molar-refractivity contribution in [2.24, 2.45) is 0 Å². The summed E-state index contributed by atoms with van der Waals surface area (Å²) < 4.78 is 10.8. The van der Waals surface area contributed by atoms with Crippen molar-refractivity contribution in [3.63, 3.8) is 0 Å². The first-order chi connectivity index (χ1) is 18.4. The van der Waals surface area contributed by atoms with Crippen LogP contribution < -0.4 is 4.90 Å². The molecule has 0 saturated heterocycles. The Morgan fingerprint density at radius 3 is 2.16 bits per heavy atom. The van der Waals surface area contributed by atoms with Crippen LogP contribution in [0.1, 0.15) is 27.7 Å². The third-order valence-electron chi connectivity index (χ3n) is 8.71. The lowest BCUT2D eigenvalue weighted by atomic mass is 9.82. The number of rotatable bonds is 2. The van der Waals surface area contributed by atoms with Gasteiger partial charge in [-0.05, 0) is 64.1 Å². The van der Waals surface area contributed by atoms with E-state index in [9.17, 15) is 0 Å². The number of hydrogen-bond acceptors (Lipinski definition) is 4. The number of anilines is 2. The molecule has 0 amide bonds. The van der Waals surface area contributed by atoms with Crippen molar-refractivity contribution >= 4 is 55.9 Å². The van der Waals surface area contributed by atoms with Gasteiger partial charge in [-0.2, -0.15) is 0 Å². The summed E-state index contributed by atoms with van der Waals surface area (Å²) in [5.74, 6) is 1.75. The molecule has 0 unspecified atom stereocenters. The summed E-state index contributed by atoms with van der Waals surface area (Å²) in [7, 11) is 0. The monoisotopic (exact) mass is 497 g/mol. The summed E-state index contributed by atoms with van der Waals surface area (Å²) in [4.78, 5) is 12.8. The number of benzene rings is 4. The van der Waals surface area contributed by atoms with E-state index in [0.29, 0.717) is 0 Å². The average molecular weight is 498 g/mol. The first-order valence-corrected chi connectivity index (χ1v) is 13.0. The number of aromatic nitrogens is 4. The van der Waals surface area contributed by atoms with Crippen LogP contribution in [-0.2, 0) is 5.54 Å². The fourth-order valence-corrected chi connectivity index (χ4v) is 6.12. The molecule has 6 nitrogen and oxygen atoms in total. The van der Waals surface area contributed by atoms with Crippen molar-refractivity contribution in [1.82, 2.24) is 19.1 Å². The summed E-state index contributed by atoms with van der Waals surface area (Å²) in [6.45, 7) is 9.16. The van der Waals surface area contributed by atoms with E-state index < -0.39 is 0 Å². The molecule has 0 radical (unpaired) electrons. The van der Waals surface area contributed by atoms with Crippen LogP contribution >= 0.6 is 0 Å². The molecule has 0 N–H and O–H groups in total. The zero-order valence-corrected chi connectivity index (χ0v) is 21.8. The first-order valence-electron chi connectivity index (χ1n) is 13.0. The quantitative estimate of drug-likeness (QED) is 0.243. The molecule has 38 heavy (non-hydrogen) atoms. The molecule has 0 saturated carbocycles. The molecule has 0 fully saturated rings. The zero-order chi connectivity index (χ0) is 25.8. The van der Waals surface area contributed by atoms with Crippen LogP contribution in [0.3, 0.4) is 0 Å². The number of hydrogen-bond donors (Lipinski definition) is 0. The maximum Gasteiger partial charge on any atom is 0.218 e. The Kier molecular flexibility index (Phi) is 3.98. The molecule has 186 valence electrons. The van der Waals surface area contributed by atoms with Crippen molar-refractivity contribution in [2.75, 3.05) is 4.90 Å². The molecule has 4 aromatic carbocycles. The van der Waals surface area contributed by atoms with E-state index in [4.69, 9.17) is 14.4 Å². The van der Waals surface area contributed by atoms with Crippen molar-refractivity contribution < 1.29 is 4.42 Å². The number of nitrogens with zero attached hydrogens (tertiary/aromatic N) is 5. The van der Waals surface area contributed by atoms with Gasteiger partial charge in [0, 0.05) is 22.5 Å². The van der Waals surface area contributed by atoms with Crippen LogP contribution in [0.5, 0.6) is 0 Å². The number of para-hydroxylation sites is 4. The minimum atomic E-state index is -0.329. The normalized spacial score (nSPS) is 16.3. The third kappa shape index (κ3) is 2.57. The van der Waals surface area contributed by atoms with E-state index >= 15 is 0 Å². The Morgan fingerprint density at radius 1 is 0.605 bits per heavy atom. The predicted molar refractivity (Wildman–Crippen MR) is 154 cm³/mol. The zero-order valence-electron chi connectivity index (χ0n) is 21.8. The van der Waals surface area contributed by atoms with E-state index in [1.807, 2.05) is 24.3 Å². The number of fused-ring (bicyclic) bond motifs is 7. The second-order valence-electron chi connectivity index (χ2n) is 11.2. The highest BCUT2D eigenvalue weighted by atomic mass is 16.3. The van der Waals surface area contributed by atoms with E-state index in [0.717, 1.165) is 61.6 Å². The largest absolute Gasteiger partial charge is 0.456 e. The topological polar surface area (TPSA) is 52.0 Å². The third-order valence-corrected chi connectivity index (χ3v) is 8.71. The highest BCUT2D eigenvalue weighted by Crippen LogP contribution is 2.52. The van der Waals surface area contributed by atoms with Crippen molar-refractivity contribution in [3.8, 4) is 5.69 Å². The molecule has 3 aromatic heterocycles. The van der Waals surface area contributed by atoms with E-state index in [1.165, 1.54) is 0 Å². The van der Waals surface area contributed by atoms with Gasteiger partial charge in [0.2, 0.25) is 11.9 Å². The van der Waals surface area contributed by atoms with E-state index in [1.54, 1.807) is 0 Å². The highest BCUT2D eigenvalue weighted by Gasteiger charge is 2.54. The molecule has 1 aliphatic heterocycles. The number of furan rings is 1. The lowest BCUT2D eigenvalue weighted by molar-refractivity contribution is 0.251. The summed E-state index contributed by atoms with van der Waals surface area (Å²) in [5.41, 5.74) is 6.26. The van der Waals surface area contributed by atoms with Gasteiger partial charge in [-0.15, -0.1) is 0 Å². The Bertz CT molecular complexity index is 2040. The van der Waals surface area contributed by atoms with Crippen LogP contribution in [0.15, 0.2) is 95.4 Å². The van der Waals surface area contributed by atoms with Gasteiger partial charge in [-0.25, -0.2) is 9.97 Å². The molecule has 6 heteroatoms. The molecule has 4 heterocycles. The smallest absolute Gasteiger partial charge is 0.218 e. The van der Waals surface area contributed by atoms with Crippen LogP contribution in [0.4, 0.5) is 11.9 Å². The number of imidazole rings is 2. The summed E-state index contributed by atoms with van der Waals surface area (Å²) in [6.07, 6.45) is 0. The molecule has 0 spiro atoms. The van der Waals surface area contributed by atoms with Gasteiger partial charge >= 0.3 is 0 Å². The van der Waals surface area contributed by atoms with Crippen LogP contribution in [0.2, 0.25) is 0 Å². The van der Waals surface area contributed by atoms with Gasteiger partial charge in [0.1, 0.15) is 11.2 Å². The lowest BCUT2D eigenvalue weighted by Crippen LogP contribution is -2.51. The molecule has 1 aliphatic rings. The van der Waals surface area contributed by atoms with Gasteiger partial charge in [0.25, 0.3) is 0 Å². The fraction of sp³-hybridized carbons (Fsp3) is 0.188. The van der Waals surface area contributed by atoms with Crippen LogP contribution in [0.25, 0.3) is 49.7 Å². The van der Waals surface area contributed by atoms with Gasteiger partial charge in [-0.1, -0.05) is 48.5 Å². The van der Waals surface area contributed by atoms with Gasteiger partial charge in [-0.3, -0.25) is 9.47 Å². The van der Waals surface area contributed by atoms with E-state index in [-0.39, 0.29) is 11.1 Å². The second kappa shape index (κ2) is 7.04. The molecule has 7 aromatic rings. The van der Waals surface area contributed by atoms with Gasteiger partial charge in [0.15, 0.2) is 0 Å². The van der Waals surface area contributed by atoms with E-state index in [2.05, 4.69) is 108 Å². The Labute approximate surface area is 219 Å². The lowest BCUT2D eigenvalue weighted by Gasteiger charge is -2.41. The molecule has 0 bridgehead atoms. The van der Waals surface area contributed by atoms with Crippen LogP contribution in [-0.4, -0.2) is 24.6 Å². The first kappa shape index (κ1) is 21.5. The fourth-order valence-electron chi connectivity index (χ4n) is 6.12. The Balaban J connectivity index is 1.45. The highest BCUT2D eigenvalue weighted by molar-refractivity contribution is 6.09. The maximum atomic E-state index is 6.20. The molecule has 8 rings (SSSR count). The van der Waals surface area contributed by atoms with Crippen molar-refractivity contribution in [2.45, 2.75) is 38.8 Å². The average Bonchev–Trinajstić information content (AvgIpc) is 3.61. The summed E-state index contributed by atoms with van der Waals surface area (Å²) in [6, 6.07) is 31.3. The minimum absolute atomic E-state index is 0.288.